The first-order chi connectivity index (χ1) is 23.6. The Morgan fingerprint density at radius 2 is 1.59 bits per heavy atom. The van der Waals surface area contributed by atoms with Gasteiger partial charge in [0.05, 0.1) is 17.9 Å². The number of rotatable bonds is 13. The number of nitrogens with zero attached hydrogens (tertiary/aromatic N) is 2. The number of aliphatic imine (C=N–C) groups is 1. The van der Waals surface area contributed by atoms with Gasteiger partial charge in [-0.25, -0.2) is 4.99 Å². The molecule has 7 nitrogen and oxygen atoms in total. The van der Waals surface area contributed by atoms with E-state index in [0.29, 0.717) is 34.3 Å². The number of amides is 3. The summed E-state index contributed by atoms with van der Waals surface area (Å²) in [5.74, 6) is -2.55. The Balaban J connectivity index is 1.57. The number of carbonyl (C=O) groups is 3. The molecule has 254 valence electrons. The number of hydrogen-bond acceptors (Lipinski definition) is 4. The first kappa shape index (κ1) is 35.8. The normalized spacial score (nSPS) is 15.6. The first-order valence-electron chi connectivity index (χ1n) is 16.7. The molecule has 1 aliphatic rings. The Morgan fingerprint density at radius 3 is 2.29 bits per heavy atom. The van der Waals surface area contributed by atoms with Gasteiger partial charge in [0.25, 0.3) is 5.91 Å². The molecule has 9 heteroatoms. The summed E-state index contributed by atoms with van der Waals surface area (Å²) >= 11 is 12.7. The summed E-state index contributed by atoms with van der Waals surface area (Å²) in [6.45, 7) is 6.24. The zero-order valence-electron chi connectivity index (χ0n) is 28.0. The number of benzodiazepines with no additional fused rings is 1. The van der Waals surface area contributed by atoms with Crippen molar-refractivity contribution < 1.29 is 14.4 Å². The zero-order chi connectivity index (χ0) is 35.1. The van der Waals surface area contributed by atoms with Crippen molar-refractivity contribution in [3.05, 3.63) is 124 Å². The van der Waals surface area contributed by atoms with Crippen LogP contribution in [0.1, 0.15) is 63.1 Å². The van der Waals surface area contributed by atoms with E-state index in [2.05, 4.69) is 5.32 Å². The molecule has 4 aromatic carbocycles. The third-order valence-electron chi connectivity index (χ3n) is 8.83. The molecule has 0 radical (unpaired) electrons. The monoisotopic (exact) mass is 696 g/mol. The van der Waals surface area contributed by atoms with Crippen LogP contribution >= 0.6 is 23.2 Å². The highest BCUT2D eigenvalue weighted by molar-refractivity contribution is 6.36. The second-order valence-electron chi connectivity index (χ2n) is 12.9. The number of fused-ring (bicyclic) bond motifs is 1. The van der Waals surface area contributed by atoms with Gasteiger partial charge in [-0.15, -0.1) is 0 Å². The maximum absolute atomic E-state index is 14.7. The van der Waals surface area contributed by atoms with Gasteiger partial charge >= 0.3 is 0 Å². The van der Waals surface area contributed by atoms with Gasteiger partial charge < -0.3 is 16.0 Å². The Kier molecular flexibility index (Phi) is 11.9. The van der Waals surface area contributed by atoms with E-state index in [1.54, 1.807) is 17.0 Å². The first-order valence-corrected chi connectivity index (χ1v) is 17.5. The smallest absolute Gasteiger partial charge is 0.272 e. The number of halogens is 2. The Bertz CT molecular complexity index is 1840. The minimum absolute atomic E-state index is 0.120. The summed E-state index contributed by atoms with van der Waals surface area (Å²) < 4.78 is 0. The van der Waals surface area contributed by atoms with E-state index in [1.165, 1.54) is 0 Å². The van der Waals surface area contributed by atoms with Crippen LogP contribution in [0.3, 0.4) is 0 Å². The summed E-state index contributed by atoms with van der Waals surface area (Å²) in [5.41, 5.74) is 11.2. The summed E-state index contributed by atoms with van der Waals surface area (Å²) in [4.78, 5) is 48.1. The summed E-state index contributed by atoms with van der Waals surface area (Å²) in [7, 11) is 0. The van der Waals surface area contributed by atoms with Crippen LogP contribution in [0.15, 0.2) is 102 Å². The van der Waals surface area contributed by atoms with Gasteiger partial charge in [-0.3, -0.25) is 14.4 Å². The molecule has 1 aliphatic heterocycles. The van der Waals surface area contributed by atoms with Crippen LogP contribution < -0.4 is 16.0 Å². The Labute approximate surface area is 298 Å². The number of primary amides is 1. The third kappa shape index (κ3) is 8.59. The van der Waals surface area contributed by atoms with E-state index < -0.39 is 35.7 Å². The van der Waals surface area contributed by atoms with Crippen molar-refractivity contribution in [2.45, 2.75) is 59.2 Å². The quantitative estimate of drug-likeness (QED) is 0.147. The van der Waals surface area contributed by atoms with E-state index in [0.717, 1.165) is 40.7 Å². The van der Waals surface area contributed by atoms with Gasteiger partial charge in [-0.2, -0.15) is 0 Å². The number of hydrogen-bond donors (Lipinski definition) is 2. The highest BCUT2D eigenvalue weighted by Crippen LogP contribution is 2.34. The lowest BCUT2D eigenvalue weighted by Gasteiger charge is -2.29. The predicted octanol–water partition coefficient (Wildman–Crippen LogP) is 8.44. The number of para-hydroxylation sites is 1. The number of nitrogens with two attached hydrogens (primary N) is 1. The van der Waals surface area contributed by atoms with Gasteiger partial charge in [0, 0.05) is 38.6 Å². The van der Waals surface area contributed by atoms with Crippen LogP contribution in [0, 0.1) is 17.8 Å². The standard InChI is InChI=1S/C40H42Cl2N4O3/c1-4-5-16-31(37(43)47)33(21-25(2)3)39(48)45-38-40(49)46(24-26-12-11-15-28(22-26)30-20-19-29(41)23-34(30)42)35-18-10-9-17-32(35)36(44-38)27-13-7-6-8-14-27/h6-15,17-20,22-23,25,31,33,38H,4-5,16,21,24H2,1-3H3,(H2,43,47)(H,45,48). The molecule has 5 rings (SSSR count). The van der Waals surface area contributed by atoms with E-state index in [1.807, 2.05) is 106 Å². The van der Waals surface area contributed by atoms with Crippen LogP contribution in [-0.2, 0) is 20.9 Å². The van der Waals surface area contributed by atoms with Crippen molar-refractivity contribution >= 4 is 52.3 Å². The molecule has 49 heavy (non-hydrogen) atoms. The van der Waals surface area contributed by atoms with Gasteiger partial charge in [0.1, 0.15) is 0 Å². The molecule has 0 fully saturated rings. The lowest BCUT2D eigenvalue weighted by atomic mass is 9.81. The second kappa shape index (κ2) is 16.3. The molecule has 0 spiro atoms. The minimum atomic E-state index is -1.25. The Morgan fingerprint density at radius 1 is 0.878 bits per heavy atom. The molecule has 3 atom stereocenters. The third-order valence-corrected chi connectivity index (χ3v) is 9.37. The number of unbranched alkanes of at least 4 members (excludes halogenated alkanes) is 1. The van der Waals surface area contributed by atoms with Crippen molar-refractivity contribution in [2.75, 3.05) is 4.90 Å². The van der Waals surface area contributed by atoms with Crippen LogP contribution in [0.25, 0.3) is 11.1 Å². The molecule has 0 aromatic heterocycles. The maximum Gasteiger partial charge on any atom is 0.272 e. The average molecular weight is 698 g/mol. The fourth-order valence-corrected chi connectivity index (χ4v) is 6.94. The lowest BCUT2D eigenvalue weighted by molar-refractivity contribution is -0.136. The van der Waals surface area contributed by atoms with Crippen molar-refractivity contribution in [3.63, 3.8) is 0 Å². The van der Waals surface area contributed by atoms with Gasteiger partial charge in [-0.1, -0.05) is 130 Å². The number of benzene rings is 4. The lowest BCUT2D eigenvalue weighted by Crippen LogP contribution is -2.50. The molecule has 0 saturated heterocycles. The molecule has 0 aliphatic carbocycles. The number of anilines is 1. The molecule has 1 heterocycles. The van der Waals surface area contributed by atoms with Gasteiger partial charge in [-0.05, 0) is 54.2 Å². The highest BCUT2D eigenvalue weighted by atomic mass is 35.5. The Hall–Kier alpha value is -4.46. The van der Waals surface area contributed by atoms with E-state index in [-0.39, 0.29) is 12.5 Å². The molecular formula is C40H42Cl2N4O3. The van der Waals surface area contributed by atoms with Crippen LogP contribution in [0.5, 0.6) is 0 Å². The topological polar surface area (TPSA) is 105 Å². The number of nitrogens with one attached hydrogen (secondary N) is 1. The fraction of sp³-hybridized carbons (Fsp3) is 0.300. The van der Waals surface area contributed by atoms with Crippen molar-refractivity contribution in [1.82, 2.24) is 5.32 Å². The van der Waals surface area contributed by atoms with Crippen molar-refractivity contribution in [1.29, 1.82) is 0 Å². The number of carbonyl (C=O) groups excluding carboxylic acids is 3. The van der Waals surface area contributed by atoms with Crippen LogP contribution in [0.4, 0.5) is 5.69 Å². The molecule has 0 saturated carbocycles. The zero-order valence-corrected chi connectivity index (χ0v) is 29.5. The summed E-state index contributed by atoms with van der Waals surface area (Å²) in [6, 6.07) is 30.4. The molecular weight excluding hydrogens is 655 g/mol. The van der Waals surface area contributed by atoms with Gasteiger partial charge in [0.2, 0.25) is 18.0 Å². The van der Waals surface area contributed by atoms with Crippen molar-refractivity contribution in [2.24, 2.45) is 28.5 Å². The fourth-order valence-electron chi connectivity index (χ4n) is 6.43. The van der Waals surface area contributed by atoms with Crippen LogP contribution in [-0.4, -0.2) is 29.6 Å². The predicted molar refractivity (Wildman–Crippen MR) is 199 cm³/mol. The summed E-state index contributed by atoms with van der Waals surface area (Å²) in [5, 5.41) is 4.04. The maximum atomic E-state index is 14.7. The summed E-state index contributed by atoms with van der Waals surface area (Å²) in [6.07, 6.45) is 1.32. The van der Waals surface area contributed by atoms with E-state index in [4.69, 9.17) is 33.9 Å². The molecule has 3 unspecified atom stereocenters. The molecule has 3 amide bonds. The van der Waals surface area contributed by atoms with E-state index in [9.17, 15) is 14.4 Å². The van der Waals surface area contributed by atoms with Crippen LogP contribution in [0.2, 0.25) is 10.0 Å². The largest absolute Gasteiger partial charge is 0.369 e. The SMILES string of the molecule is CCCCC(C(N)=O)C(CC(C)C)C(=O)NC1N=C(c2ccccc2)c2ccccc2N(Cc2cccc(-c3ccc(Cl)cc3Cl)c2)C1=O. The minimum Gasteiger partial charge on any atom is -0.369 e. The van der Waals surface area contributed by atoms with Crippen molar-refractivity contribution in [3.8, 4) is 11.1 Å². The average Bonchev–Trinajstić information content (AvgIpc) is 3.19. The second-order valence-corrected chi connectivity index (χ2v) is 13.8. The molecule has 4 aromatic rings. The molecule has 0 bridgehead atoms. The van der Waals surface area contributed by atoms with Gasteiger partial charge in [0.15, 0.2) is 0 Å². The highest BCUT2D eigenvalue weighted by Gasteiger charge is 2.38. The van der Waals surface area contributed by atoms with E-state index >= 15 is 0 Å². The molecule has 3 N–H and O–H groups in total.